The van der Waals surface area contributed by atoms with Crippen LogP contribution in [0.3, 0.4) is 0 Å². The van der Waals surface area contributed by atoms with Crippen LogP contribution in [0.4, 0.5) is 0 Å². The van der Waals surface area contributed by atoms with Gasteiger partial charge in [0.2, 0.25) is 5.91 Å². The first kappa shape index (κ1) is 30.3. The predicted octanol–water partition coefficient (Wildman–Crippen LogP) is 4.66. The molecular weight excluding hydrogens is 480 g/mol. The molecule has 9 nitrogen and oxygen atoms in total. The molecular formula is C29H40N6O3. The van der Waals surface area contributed by atoms with Crippen molar-refractivity contribution in [3.8, 4) is 11.8 Å². The van der Waals surface area contributed by atoms with Gasteiger partial charge in [0.1, 0.15) is 5.75 Å². The lowest BCUT2D eigenvalue weighted by atomic mass is 10.0. The summed E-state index contributed by atoms with van der Waals surface area (Å²) < 4.78 is 7.52. The molecule has 0 saturated heterocycles. The van der Waals surface area contributed by atoms with Crippen molar-refractivity contribution in [2.24, 2.45) is 5.92 Å². The summed E-state index contributed by atoms with van der Waals surface area (Å²) in [7, 11) is 0. The molecule has 38 heavy (non-hydrogen) atoms. The topological polar surface area (TPSA) is 122 Å². The van der Waals surface area contributed by atoms with E-state index in [1.165, 1.54) is 0 Å². The van der Waals surface area contributed by atoms with E-state index in [2.05, 4.69) is 27.0 Å². The van der Waals surface area contributed by atoms with E-state index in [0.717, 1.165) is 12.1 Å². The molecule has 0 radical (unpaired) electrons. The summed E-state index contributed by atoms with van der Waals surface area (Å²) >= 11 is 0. The van der Waals surface area contributed by atoms with Crippen molar-refractivity contribution >= 4 is 17.5 Å². The second-order valence-electron chi connectivity index (χ2n) is 8.73. The number of aromatic nitrogens is 3. The van der Waals surface area contributed by atoms with Gasteiger partial charge >= 0.3 is 0 Å². The van der Waals surface area contributed by atoms with Crippen LogP contribution in [-0.2, 0) is 11.2 Å². The van der Waals surface area contributed by atoms with Gasteiger partial charge in [0.25, 0.3) is 5.91 Å². The lowest BCUT2D eigenvalue weighted by molar-refractivity contribution is -0.123. The van der Waals surface area contributed by atoms with E-state index in [9.17, 15) is 9.59 Å². The molecule has 3 rings (SSSR count). The maximum absolute atomic E-state index is 13.0. The number of carbonyl (C=O) groups excluding carboxylic acids is 2. The number of amides is 2. The number of nitrogens with one attached hydrogen (secondary N) is 2. The number of ether oxygens (including phenoxy) is 1. The van der Waals surface area contributed by atoms with Gasteiger partial charge in [0.15, 0.2) is 5.69 Å². The monoisotopic (exact) mass is 520 g/mol. The normalized spacial score (nSPS) is 15.2. The highest BCUT2D eigenvalue weighted by Gasteiger charge is 2.23. The third-order valence-corrected chi connectivity index (χ3v) is 6.04. The molecule has 2 amide bonds. The van der Waals surface area contributed by atoms with E-state index in [0.29, 0.717) is 61.5 Å². The molecule has 2 aromatic rings. The number of rotatable bonds is 11. The minimum absolute atomic E-state index is 0.00999. The van der Waals surface area contributed by atoms with Gasteiger partial charge in [-0.1, -0.05) is 38.1 Å². The number of carbonyl (C=O) groups is 2. The molecule has 9 heteroatoms. The molecule has 0 aliphatic heterocycles. The fourth-order valence-electron chi connectivity index (χ4n) is 3.83. The summed E-state index contributed by atoms with van der Waals surface area (Å²) in [5.41, 5.74) is 2.37. The number of nitriles is 1. The largest absolute Gasteiger partial charge is 0.494 e. The predicted molar refractivity (Wildman–Crippen MR) is 148 cm³/mol. The molecule has 1 aromatic heterocycles. The van der Waals surface area contributed by atoms with Gasteiger partial charge in [0, 0.05) is 12.6 Å². The Morgan fingerprint density at radius 2 is 1.97 bits per heavy atom. The number of benzene rings is 1. The Kier molecular flexibility index (Phi) is 12.8. The van der Waals surface area contributed by atoms with Gasteiger partial charge in [-0.3, -0.25) is 9.59 Å². The fraction of sp³-hybridized carbons (Fsp3) is 0.483. The van der Waals surface area contributed by atoms with Crippen LogP contribution in [0.15, 0.2) is 42.5 Å². The van der Waals surface area contributed by atoms with E-state index in [1.54, 1.807) is 28.9 Å². The maximum Gasteiger partial charge on any atom is 0.273 e. The summed E-state index contributed by atoms with van der Waals surface area (Å²) in [4.78, 5) is 25.3. The van der Waals surface area contributed by atoms with Gasteiger partial charge in [-0.15, -0.1) is 5.10 Å². The Labute approximate surface area is 225 Å². The molecule has 0 spiro atoms. The zero-order chi connectivity index (χ0) is 27.9. The molecule has 2 unspecified atom stereocenters. The standard InChI is InChI=1S/C27H34N6O3.C2H6/c1-4-19(3)30-27(35)25-24(10-7-17-36-23-15-11-20(18-28)12-16-23)33(32-31-25)22-9-6-8-21(13-14-22)26(34)29-5-2;1-2/h9,11-16,19,21H,4-8,10,17H2,1-3H3,(H,29,34)(H,30,35);1-2H3. The highest BCUT2D eigenvalue weighted by Crippen LogP contribution is 2.22. The van der Waals surface area contributed by atoms with Gasteiger partial charge in [-0.25, -0.2) is 4.68 Å². The first-order valence-corrected chi connectivity index (χ1v) is 13.5. The van der Waals surface area contributed by atoms with Crippen molar-refractivity contribution in [1.82, 2.24) is 25.6 Å². The van der Waals surface area contributed by atoms with Crippen molar-refractivity contribution in [2.45, 2.75) is 72.8 Å². The molecule has 1 aliphatic rings. The zero-order valence-corrected chi connectivity index (χ0v) is 23.2. The second kappa shape index (κ2) is 16.0. The van der Waals surface area contributed by atoms with Crippen molar-refractivity contribution in [3.05, 3.63) is 59.4 Å². The van der Waals surface area contributed by atoms with Crippen molar-refractivity contribution in [1.29, 1.82) is 5.26 Å². The van der Waals surface area contributed by atoms with E-state index >= 15 is 0 Å². The Hall–Kier alpha value is -3.93. The molecule has 1 aromatic carbocycles. The number of nitrogens with zero attached hydrogens (tertiary/aromatic N) is 4. The fourth-order valence-corrected chi connectivity index (χ4v) is 3.83. The van der Waals surface area contributed by atoms with Crippen molar-refractivity contribution < 1.29 is 14.3 Å². The van der Waals surface area contributed by atoms with Crippen molar-refractivity contribution in [2.75, 3.05) is 13.2 Å². The van der Waals surface area contributed by atoms with E-state index < -0.39 is 0 Å². The summed E-state index contributed by atoms with van der Waals surface area (Å²) in [6.45, 7) is 10.9. The third-order valence-electron chi connectivity index (χ3n) is 6.04. The molecule has 1 aliphatic carbocycles. The second-order valence-corrected chi connectivity index (χ2v) is 8.73. The minimum atomic E-state index is -0.253. The SMILES string of the molecule is CC.CCNC(=O)C1C=CC(n2nnc(C(=O)NC(C)CC)c2CCCOc2ccc(C#N)cc2)=CCC1. The Morgan fingerprint density at radius 1 is 1.24 bits per heavy atom. The summed E-state index contributed by atoms with van der Waals surface area (Å²) in [6, 6.07) is 9.06. The molecule has 204 valence electrons. The Bertz CT molecular complexity index is 1140. The van der Waals surface area contributed by atoms with Gasteiger partial charge in [0.05, 0.1) is 35.5 Å². The highest BCUT2D eigenvalue weighted by molar-refractivity contribution is 5.93. The van der Waals surface area contributed by atoms with Crippen LogP contribution in [0.5, 0.6) is 5.75 Å². The number of allylic oxidation sites excluding steroid dienone is 3. The average Bonchev–Trinajstić information content (AvgIpc) is 3.21. The van der Waals surface area contributed by atoms with Crippen LogP contribution in [-0.4, -0.2) is 46.0 Å². The smallest absolute Gasteiger partial charge is 0.273 e. The average molecular weight is 521 g/mol. The first-order chi connectivity index (χ1) is 18.5. The Balaban J connectivity index is 0.00000247. The molecule has 0 saturated carbocycles. The zero-order valence-electron chi connectivity index (χ0n) is 23.2. The van der Waals surface area contributed by atoms with Gasteiger partial charge in [-0.05, 0) is 76.3 Å². The van der Waals surface area contributed by atoms with E-state index in [4.69, 9.17) is 10.00 Å². The molecule has 0 fully saturated rings. The van der Waals surface area contributed by atoms with Crippen LogP contribution < -0.4 is 15.4 Å². The van der Waals surface area contributed by atoms with E-state index in [1.807, 2.05) is 52.8 Å². The van der Waals surface area contributed by atoms with Crippen LogP contribution in [0.1, 0.15) is 82.0 Å². The van der Waals surface area contributed by atoms with Crippen LogP contribution in [0.25, 0.3) is 5.70 Å². The number of hydrogen-bond donors (Lipinski definition) is 2. The highest BCUT2D eigenvalue weighted by atomic mass is 16.5. The maximum atomic E-state index is 13.0. The summed E-state index contributed by atoms with van der Waals surface area (Å²) in [5.74, 6) is 0.230. The number of hydrogen-bond acceptors (Lipinski definition) is 6. The van der Waals surface area contributed by atoms with Gasteiger partial charge in [-0.2, -0.15) is 5.26 Å². The van der Waals surface area contributed by atoms with Gasteiger partial charge < -0.3 is 15.4 Å². The van der Waals surface area contributed by atoms with Crippen molar-refractivity contribution in [3.63, 3.8) is 0 Å². The lowest BCUT2D eigenvalue weighted by Gasteiger charge is -2.12. The molecule has 1 heterocycles. The molecule has 2 atom stereocenters. The molecule has 0 bridgehead atoms. The van der Waals surface area contributed by atoms with Crippen LogP contribution >= 0.6 is 0 Å². The minimum Gasteiger partial charge on any atom is -0.494 e. The van der Waals surface area contributed by atoms with E-state index in [-0.39, 0.29) is 23.8 Å². The lowest BCUT2D eigenvalue weighted by Crippen LogP contribution is -2.33. The first-order valence-electron chi connectivity index (χ1n) is 13.5. The summed E-state index contributed by atoms with van der Waals surface area (Å²) in [5, 5.41) is 23.3. The summed E-state index contributed by atoms with van der Waals surface area (Å²) in [6.07, 6.45) is 9.18. The quantitative estimate of drug-likeness (QED) is 0.416. The van der Waals surface area contributed by atoms with Crippen LogP contribution in [0.2, 0.25) is 0 Å². The third kappa shape index (κ3) is 8.58. The van der Waals surface area contributed by atoms with Crippen LogP contribution in [0, 0.1) is 17.2 Å². The Morgan fingerprint density at radius 3 is 2.63 bits per heavy atom. The molecule has 2 N–H and O–H groups in total.